The van der Waals surface area contributed by atoms with E-state index in [9.17, 15) is 9.59 Å². The van der Waals surface area contributed by atoms with E-state index in [0.29, 0.717) is 43.5 Å². The van der Waals surface area contributed by atoms with Crippen LogP contribution >= 0.6 is 0 Å². The van der Waals surface area contributed by atoms with Gasteiger partial charge in [0.05, 0.1) is 30.5 Å². The second-order valence-electron chi connectivity index (χ2n) is 7.54. The van der Waals surface area contributed by atoms with E-state index in [1.165, 1.54) is 0 Å². The Morgan fingerprint density at radius 2 is 1.93 bits per heavy atom. The largest absolute Gasteiger partial charge is 0.373 e. The van der Waals surface area contributed by atoms with Crippen molar-refractivity contribution in [2.45, 2.75) is 46.4 Å². The van der Waals surface area contributed by atoms with Gasteiger partial charge in [-0.2, -0.15) is 0 Å². The number of aromatic nitrogens is 1. The summed E-state index contributed by atoms with van der Waals surface area (Å²) in [5.74, 6) is 0.0425. The third-order valence-corrected chi connectivity index (χ3v) is 4.97. The lowest BCUT2D eigenvalue weighted by Crippen LogP contribution is -2.31. The molecule has 28 heavy (non-hydrogen) atoms. The molecule has 150 valence electrons. The van der Waals surface area contributed by atoms with Crippen LogP contribution in [0.15, 0.2) is 36.4 Å². The van der Waals surface area contributed by atoms with Gasteiger partial charge in [0.2, 0.25) is 0 Å². The normalized spacial score (nSPS) is 14.4. The fraction of sp³-hybridized carbons (Fsp3) is 0.455. The van der Waals surface area contributed by atoms with Crippen LogP contribution in [0.4, 0.5) is 0 Å². The Balaban J connectivity index is 1.84. The molecule has 3 rings (SSSR count). The zero-order valence-corrected chi connectivity index (χ0v) is 16.8. The fourth-order valence-corrected chi connectivity index (χ4v) is 3.44. The van der Waals surface area contributed by atoms with Crippen molar-refractivity contribution in [3.05, 3.63) is 58.9 Å². The molecule has 6 heteroatoms. The zero-order chi connectivity index (χ0) is 20.1. The van der Waals surface area contributed by atoms with Crippen molar-refractivity contribution in [2.75, 3.05) is 13.2 Å². The Bertz CT molecular complexity index is 827. The summed E-state index contributed by atoms with van der Waals surface area (Å²) < 4.78 is 7.48. The molecule has 1 atom stereocenters. The van der Waals surface area contributed by atoms with Gasteiger partial charge in [0.1, 0.15) is 5.69 Å². The van der Waals surface area contributed by atoms with Crippen LogP contribution in [0.1, 0.15) is 65.3 Å². The average molecular weight is 383 g/mol. The average Bonchev–Trinajstić information content (AvgIpc) is 3.10. The lowest BCUT2D eigenvalue weighted by molar-refractivity contribution is 0.0776. The number of rotatable bonds is 7. The molecule has 1 aromatic heterocycles. The van der Waals surface area contributed by atoms with E-state index in [1.54, 1.807) is 6.07 Å². The minimum Gasteiger partial charge on any atom is -0.373 e. The number of amides is 2. The maximum Gasteiger partial charge on any atom is 0.267 e. The standard InChI is InChI=1S/C22H29N3O3/c1-4-18(16-8-6-5-7-9-16)24-21(26)17-12-19(22(27)23-13-15(2)3)25-10-11-28-14-20(17)25/h5-9,12,15,18H,4,10-11,13-14H2,1-3H3,(H,23,27)(H,24,26)/t18-/m1/s1. The SMILES string of the molecule is CC[C@@H](NC(=O)c1cc(C(=O)NCC(C)C)n2c1COCC2)c1ccccc1. The molecule has 0 unspecified atom stereocenters. The summed E-state index contributed by atoms with van der Waals surface area (Å²) in [7, 11) is 0. The predicted molar refractivity (Wildman–Crippen MR) is 108 cm³/mol. The molecule has 0 radical (unpaired) electrons. The number of carbonyl (C=O) groups is 2. The molecule has 2 heterocycles. The van der Waals surface area contributed by atoms with Gasteiger partial charge in [-0.1, -0.05) is 51.1 Å². The Labute approximate surface area is 166 Å². The monoisotopic (exact) mass is 383 g/mol. The first-order valence-corrected chi connectivity index (χ1v) is 9.95. The van der Waals surface area contributed by atoms with Crippen LogP contribution in [0, 0.1) is 5.92 Å². The molecule has 1 aliphatic rings. The van der Waals surface area contributed by atoms with Gasteiger partial charge in [-0.3, -0.25) is 9.59 Å². The van der Waals surface area contributed by atoms with Gasteiger partial charge < -0.3 is 19.9 Å². The molecular formula is C22H29N3O3. The maximum absolute atomic E-state index is 13.0. The third-order valence-electron chi connectivity index (χ3n) is 4.97. The first-order chi connectivity index (χ1) is 13.5. The lowest BCUT2D eigenvalue weighted by Gasteiger charge is -2.21. The van der Waals surface area contributed by atoms with Crippen LogP contribution in [0.3, 0.4) is 0 Å². The fourth-order valence-electron chi connectivity index (χ4n) is 3.44. The number of nitrogens with zero attached hydrogens (tertiary/aromatic N) is 1. The van der Waals surface area contributed by atoms with Crippen molar-refractivity contribution in [1.29, 1.82) is 0 Å². The second-order valence-corrected chi connectivity index (χ2v) is 7.54. The topological polar surface area (TPSA) is 72.4 Å². The summed E-state index contributed by atoms with van der Waals surface area (Å²) in [6, 6.07) is 11.5. The van der Waals surface area contributed by atoms with Gasteiger partial charge in [-0.25, -0.2) is 0 Å². The number of hydrogen-bond acceptors (Lipinski definition) is 3. The highest BCUT2D eigenvalue weighted by atomic mass is 16.5. The molecular weight excluding hydrogens is 354 g/mol. The molecule has 1 aliphatic heterocycles. The molecule has 0 saturated heterocycles. The van der Waals surface area contributed by atoms with Gasteiger partial charge in [0.15, 0.2) is 0 Å². The first kappa shape index (κ1) is 20.1. The van der Waals surface area contributed by atoms with Gasteiger partial charge in [-0.15, -0.1) is 0 Å². The smallest absolute Gasteiger partial charge is 0.267 e. The number of benzene rings is 1. The van der Waals surface area contributed by atoms with Crippen LogP contribution in [0.25, 0.3) is 0 Å². The Morgan fingerprint density at radius 1 is 1.18 bits per heavy atom. The van der Waals surface area contributed by atoms with Crippen LogP contribution < -0.4 is 10.6 Å². The van der Waals surface area contributed by atoms with E-state index >= 15 is 0 Å². The van der Waals surface area contributed by atoms with E-state index in [0.717, 1.165) is 17.7 Å². The Hall–Kier alpha value is -2.60. The van der Waals surface area contributed by atoms with Crippen molar-refractivity contribution in [3.63, 3.8) is 0 Å². The quantitative estimate of drug-likeness (QED) is 0.771. The number of nitrogens with one attached hydrogen (secondary N) is 2. The molecule has 2 amide bonds. The van der Waals surface area contributed by atoms with Gasteiger partial charge in [-0.05, 0) is 24.0 Å². The van der Waals surface area contributed by atoms with Crippen molar-refractivity contribution in [3.8, 4) is 0 Å². The molecule has 0 aliphatic carbocycles. The summed E-state index contributed by atoms with van der Waals surface area (Å²) in [5.41, 5.74) is 2.87. The molecule has 2 N–H and O–H groups in total. The van der Waals surface area contributed by atoms with E-state index in [4.69, 9.17) is 4.74 Å². The van der Waals surface area contributed by atoms with Gasteiger partial charge in [0.25, 0.3) is 11.8 Å². The van der Waals surface area contributed by atoms with E-state index in [1.807, 2.05) is 41.8 Å². The Kier molecular flexibility index (Phi) is 6.52. The molecule has 0 bridgehead atoms. The van der Waals surface area contributed by atoms with Crippen LogP contribution in [-0.4, -0.2) is 29.5 Å². The Morgan fingerprint density at radius 3 is 2.61 bits per heavy atom. The lowest BCUT2D eigenvalue weighted by atomic mass is 10.0. The minimum atomic E-state index is -0.173. The first-order valence-electron chi connectivity index (χ1n) is 9.95. The molecule has 6 nitrogen and oxygen atoms in total. The van der Waals surface area contributed by atoms with Crippen LogP contribution in [0.5, 0.6) is 0 Å². The van der Waals surface area contributed by atoms with Crippen molar-refractivity contribution in [2.24, 2.45) is 5.92 Å². The number of carbonyl (C=O) groups excluding carboxylic acids is 2. The maximum atomic E-state index is 13.0. The summed E-state index contributed by atoms with van der Waals surface area (Å²) in [5, 5.41) is 6.06. The highest BCUT2D eigenvalue weighted by Gasteiger charge is 2.27. The van der Waals surface area contributed by atoms with E-state index < -0.39 is 0 Å². The van der Waals surface area contributed by atoms with Crippen LogP contribution in [-0.2, 0) is 17.9 Å². The van der Waals surface area contributed by atoms with E-state index in [-0.39, 0.29) is 17.9 Å². The van der Waals surface area contributed by atoms with Crippen molar-refractivity contribution >= 4 is 11.8 Å². The third kappa shape index (κ3) is 4.44. The number of ether oxygens (including phenoxy) is 1. The highest BCUT2D eigenvalue weighted by molar-refractivity contribution is 6.00. The van der Waals surface area contributed by atoms with Crippen molar-refractivity contribution < 1.29 is 14.3 Å². The number of fused-ring (bicyclic) bond motifs is 1. The van der Waals surface area contributed by atoms with Gasteiger partial charge >= 0.3 is 0 Å². The summed E-state index contributed by atoms with van der Waals surface area (Å²) >= 11 is 0. The van der Waals surface area contributed by atoms with Crippen LogP contribution in [0.2, 0.25) is 0 Å². The van der Waals surface area contributed by atoms with E-state index in [2.05, 4.69) is 24.5 Å². The summed E-state index contributed by atoms with van der Waals surface area (Å²) in [4.78, 5) is 25.7. The predicted octanol–water partition coefficient (Wildman–Crippen LogP) is 3.29. The molecule has 0 spiro atoms. The second kappa shape index (κ2) is 9.06. The molecule has 0 fully saturated rings. The summed E-state index contributed by atoms with van der Waals surface area (Å²) in [6.45, 7) is 8.19. The zero-order valence-electron chi connectivity index (χ0n) is 16.8. The van der Waals surface area contributed by atoms with Gasteiger partial charge in [0, 0.05) is 13.1 Å². The minimum absolute atomic E-state index is 0.0769. The molecule has 1 aromatic carbocycles. The highest BCUT2D eigenvalue weighted by Crippen LogP contribution is 2.23. The van der Waals surface area contributed by atoms with Crippen molar-refractivity contribution in [1.82, 2.24) is 15.2 Å². The number of hydrogen-bond donors (Lipinski definition) is 2. The molecule has 2 aromatic rings. The summed E-state index contributed by atoms with van der Waals surface area (Å²) in [6.07, 6.45) is 0.782. The molecule has 0 saturated carbocycles.